The van der Waals surface area contributed by atoms with Gasteiger partial charge in [0.15, 0.2) is 25.2 Å². The van der Waals surface area contributed by atoms with Gasteiger partial charge in [0, 0.05) is 12.5 Å². The Labute approximate surface area is 132 Å². The van der Waals surface area contributed by atoms with E-state index < -0.39 is 61.6 Å². The maximum atomic E-state index is 10.0. The van der Waals surface area contributed by atoms with E-state index in [2.05, 4.69) is 0 Å². The Morgan fingerprint density at radius 3 is 1.96 bits per heavy atom. The van der Waals surface area contributed by atoms with Gasteiger partial charge in [-0.3, -0.25) is 0 Å². The van der Waals surface area contributed by atoms with Gasteiger partial charge in [0.1, 0.15) is 24.4 Å². The van der Waals surface area contributed by atoms with Crippen molar-refractivity contribution in [2.45, 2.75) is 69.5 Å². The summed E-state index contributed by atoms with van der Waals surface area (Å²) in [5.74, 6) is -0.754. The van der Waals surface area contributed by atoms with Gasteiger partial charge in [0.2, 0.25) is 0 Å². The molecule has 0 aromatic heterocycles. The largest absolute Gasteiger partial charge is 0.390 e. The summed E-state index contributed by atoms with van der Waals surface area (Å²) in [6, 6.07) is 0. The van der Waals surface area contributed by atoms with Crippen LogP contribution in [0.5, 0.6) is 0 Å². The van der Waals surface area contributed by atoms with E-state index in [1.165, 1.54) is 6.92 Å². The lowest BCUT2D eigenvalue weighted by molar-refractivity contribution is -0.391. The maximum absolute atomic E-state index is 10.0. The third kappa shape index (κ3) is 3.82. The number of hydrogen-bond acceptors (Lipinski definition) is 10. The van der Waals surface area contributed by atoms with Gasteiger partial charge in [-0.25, -0.2) is 0 Å². The third-order valence-corrected chi connectivity index (χ3v) is 4.03. The second kappa shape index (κ2) is 7.66. The summed E-state index contributed by atoms with van der Waals surface area (Å²) in [7, 11) is 0. The zero-order valence-corrected chi connectivity index (χ0v) is 12.8. The number of hydrogen-bond donors (Lipinski definition) is 6. The molecule has 2 fully saturated rings. The summed E-state index contributed by atoms with van der Waals surface area (Å²) < 4.78 is 20.3. The fourth-order valence-corrected chi connectivity index (χ4v) is 2.52. The molecule has 10 atom stereocenters. The fraction of sp³-hybridized carbons (Fsp3) is 1.00. The Morgan fingerprint density at radius 1 is 0.783 bits per heavy atom. The van der Waals surface area contributed by atoms with E-state index in [1.807, 2.05) is 0 Å². The predicted molar refractivity (Wildman–Crippen MR) is 71.4 cm³/mol. The average molecular weight is 340 g/mol. The van der Waals surface area contributed by atoms with Crippen LogP contribution in [-0.2, 0) is 18.9 Å². The number of rotatable bonds is 4. The lowest BCUT2D eigenvalue weighted by Crippen LogP contribution is -2.62. The first-order chi connectivity index (χ1) is 10.8. The zero-order valence-electron chi connectivity index (χ0n) is 12.8. The van der Waals surface area contributed by atoms with Crippen molar-refractivity contribution in [3.8, 4) is 0 Å². The minimum Gasteiger partial charge on any atom is -0.390 e. The van der Waals surface area contributed by atoms with Crippen molar-refractivity contribution in [3.63, 3.8) is 0 Å². The van der Waals surface area contributed by atoms with E-state index in [0.29, 0.717) is 0 Å². The Hall–Kier alpha value is -0.400. The second-order valence-corrected chi connectivity index (χ2v) is 5.67. The summed E-state index contributed by atoms with van der Waals surface area (Å²) in [5, 5.41) is 59.3. The van der Waals surface area contributed by atoms with Gasteiger partial charge in [-0.1, -0.05) is 6.92 Å². The molecule has 10 heteroatoms. The topological polar surface area (TPSA) is 158 Å². The fourth-order valence-electron chi connectivity index (χ4n) is 2.52. The van der Waals surface area contributed by atoms with Gasteiger partial charge in [-0.05, 0) is 6.92 Å². The van der Waals surface area contributed by atoms with Crippen LogP contribution in [0.25, 0.3) is 0 Å². The van der Waals surface area contributed by atoms with Crippen LogP contribution in [0.4, 0.5) is 0 Å². The van der Waals surface area contributed by atoms with Crippen molar-refractivity contribution in [2.75, 3.05) is 6.61 Å². The van der Waals surface area contributed by atoms with Crippen LogP contribution in [0, 0.1) is 5.92 Å². The first-order valence-electron chi connectivity index (χ1n) is 7.44. The first kappa shape index (κ1) is 18.9. The van der Waals surface area contributed by atoms with E-state index in [-0.39, 0.29) is 6.61 Å². The van der Waals surface area contributed by atoms with Crippen molar-refractivity contribution in [1.82, 2.24) is 0 Å². The molecular formula is C13H24O10. The molecule has 2 saturated heterocycles. The highest BCUT2D eigenvalue weighted by atomic mass is 16.8. The molecular weight excluding hydrogens is 316 g/mol. The van der Waals surface area contributed by atoms with Gasteiger partial charge in [-0.2, -0.15) is 0 Å². The molecule has 2 aliphatic rings. The highest BCUT2D eigenvalue weighted by Gasteiger charge is 2.49. The first-order valence-corrected chi connectivity index (χ1v) is 7.44. The van der Waals surface area contributed by atoms with Crippen molar-refractivity contribution in [2.24, 2.45) is 5.92 Å². The van der Waals surface area contributed by atoms with E-state index >= 15 is 0 Å². The predicted octanol–water partition coefficient (Wildman–Crippen LogP) is -3.16. The lowest BCUT2D eigenvalue weighted by Gasteiger charge is -2.44. The van der Waals surface area contributed by atoms with Crippen LogP contribution in [0.1, 0.15) is 13.8 Å². The quantitative estimate of drug-likeness (QED) is 0.308. The minimum atomic E-state index is -1.67. The van der Waals surface area contributed by atoms with Crippen molar-refractivity contribution in [1.29, 1.82) is 0 Å². The zero-order chi connectivity index (χ0) is 17.3. The molecule has 0 aromatic carbocycles. The number of ether oxygens (including phenoxy) is 4. The van der Waals surface area contributed by atoms with Gasteiger partial charge in [0.25, 0.3) is 0 Å². The molecule has 136 valence electrons. The van der Waals surface area contributed by atoms with E-state index in [9.17, 15) is 30.6 Å². The van der Waals surface area contributed by atoms with Crippen molar-refractivity contribution >= 4 is 0 Å². The highest BCUT2D eigenvalue weighted by Crippen LogP contribution is 2.29. The van der Waals surface area contributed by atoms with E-state index in [0.717, 1.165) is 0 Å². The molecule has 0 aliphatic carbocycles. The SMILES string of the molecule is CCO[C@@H]1O[C@@H](O)[C@@H](O[C@@H]2OC(O)[C@@H](C)[C@H](O)C2O)C(O)C1O. The molecule has 2 rings (SSSR count). The molecule has 0 bridgehead atoms. The molecule has 0 saturated carbocycles. The van der Waals surface area contributed by atoms with Gasteiger partial charge in [-0.15, -0.1) is 0 Å². The molecule has 0 radical (unpaired) electrons. The summed E-state index contributed by atoms with van der Waals surface area (Å²) in [6.07, 6.45) is -13.3. The van der Waals surface area contributed by atoms with Gasteiger partial charge < -0.3 is 49.6 Å². The molecule has 0 aromatic rings. The molecule has 23 heavy (non-hydrogen) atoms. The molecule has 6 N–H and O–H groups in total. The van der Waals surface area contributed by atoms with E-state index in [4.69, 9.17) is 18.9 Å². The van der Waals surface area contributed by atoms with Crippen LogP contribution in [-0.4, -0.2) is 92.9 Å². The molecule has 2 heterocycles. The smallest absolute Gasteiger partial charge is 0.189 e. The molecule has 2 aliphatic heterocycles. The monoisotopic (exact) mass is 340 g/mol. The van der Waals surface area contributed by atoms with Crippen LogP contribution < -0.4 is 0 Å². The highest BCUT2D eigenvalue weighted by molar-refractivity contribution is 4.89. The Kier molecular flexibility index (Phi) is 6.30. The Morgan fingerprint density at radius 2 is 1.35 bits per heavy atom. The minimum absolute atomic E-state index is 0.188. The summed E-state index contributed by atoms with van der Waals surface area (Å²) >= 11 is 0. The molecule has 4 unspecified atom stereocenters. The number of aliphatic hydroxyl groups is 6. The molecule has 0 spiro atoms. The average Bonchev–Trinajstić information content (AvgIpc) is 2.51. The normalized spacial score (nSPS) is 51.7. The van der Waals surface area contributed by atoms with Crippen LogP contribution >= 0.6 is 0 Å². The maximum Gasteiger partial charge on any atom is 0.189 e. The van der Waals surface area contributed by atoms with Gasteiger partial charge in [0.05, 0.1) is 6.10 Å². The standard InChI is InChI=1S/C13H24O10/c1-3-20-12-8(17)6(15)9(11(19)23-12)21-13-7(16)5(14)4(2)10(18)22-13/h4-19H,3H2,1-2H3/t4-,5-,6?,7?,8?,9-,10?,11+,12+,13+/m0/s1. The molecule has 0 amide bonds. The van der Waals surface area contributed by atoms with Gasteiger partial charge >= 0.3 is 0 Å². The summed E-state index contributed by atoms with van der Waals surface area (Å²) in [4.78, 5) is 0. The van der Waals surface area contributed by atoms with E-state index in [1.54, 1.807) is 6.92 Å². The van der Waals surface area contributed by atoms with Crippen molar-refractivity contribution < 1.29 is 49.6 Å². The second-order valence-electron chi connectivity index (χ2n) is 5.67. The van der Waals surface area contributed by atoms with Crippen molar-refractivity contribution in [3.05, 3.63) is 0 Å². The van der Waals surface area contributed by atoms with Crippen LogP contribution in [0.15, 0.2) is 0 Å². The summed E-state index contributed by atoms with van der Waals surface area (Å²) in [6.45, 7) is 3.31. The summed E-state index contributed by atoms with van der Waals surface area (Å²) in [5.41, 5.74) is 0. The van der Waals surface area contributed by atoms with Crippen LogP contribution in [0.3, 0.4) is 0 Å². The van der Waals surface area contributed by atoms with Crippen LogP contribution in [0.2, 0.25) is 0 Å². The third-order valence-electron chi connectivity index (χ3n) is 4.03. The number of aliphatic hydroxyl groups excluding tert-OH is 6. The lowest BCUT2D eigenvalue weighted by atomic mass is 9.95. The molecule has 10 nitrogen and oxygen atoms in total. The Balaban J connectivity index is 2.04. The Bertz CT molecular complexity index is 382.